The van der Waals surface area contributed by atoms with E-state index in [9.17, 15) is 4.79 Å². The molecule has 0 unspecified atom stereocenters. The molecule has 0 aromatic heterocycles. The fraction of sp³-hybridized carbons (Fsp3) is 0.0588. The predicted octanol–water partition coefficient (Wildman–Crippen LogP) is 3.29. The van der Waals surface area contributed by atoms with Crippen LogP contribution in [0.2, 0.25) is 0 Å². The smallest absolute Gasteiger partial charge is 0.146 e. The SMILES string of the molecule is NSc1cccc(-c2ccc3c(c2)N=C(N)CC(C=O)=C3)c1. The summed E-state index contributed by atoms with van der Waals surface area (Å²) in [7, 11) is 0. The number of aldehydes is 1. The first-order valence-corrected chi connectivity index (χ1v) is 7.67. The molecular formula is C17H15N3OS. The van der Waals surface area contributed by atoms with Crippen LogP contribution in [-0.2, 0) is 4.79 Å². The maximum atomic E-state index is 11.0. The molecule has 5 heteroatoms. The Hall–Kier alpha value is -2.37. The fourth-order valence-corrected chi connectivity index (χ4v) is 2.77. The summed E-state index contributed by atoms with van der Waals surface area (Å²) in [4.78, 5) is 16.5. The molecule has 110 valence electrons. The molecule has 0 atom stereocenters. The number of benzene rings is 2. The molecule has 4 nitrogen and oxygen atoms in total. The van der Waals surface area contributed by atoms with Crippen molar-refractivity contribution < 1.29 is 4.79 Å². The maximum Gasteiger partial charge on any atom is 0.146 e. The van der Waals surface area contributed by atoms with Crippen molar-refractivity contribution in [1.82, 2.24) is 0 Å². The Bertz CT molecular complexity index is 796. The lowest BCUT2D eigenvalue weighted by molar-refractivity contribution is -0.104. The van der Waals surface area contributed by atoms with E-state index in [4.69, 9.17) is 10.9 Å². The number of carbonyl (C=O) groups is 1. The zero-order valence-corrected chi connectivity index (χ0v) is 12.6. The van der Waals surface area contributed by atoms with Crippen molar-refractivity contribution in [2.75, 3.05) is 0 Å². The molecule has 22 heavy (non-hydrogen) atoms. The lowest BCUT2D eigenvalue weighted by Crippen LogP contribution is -2.11. The zero-order chi connectivity index (χ0) is 15.5. The molecule has 0 bridgehead atoms. The van der Waals surface area contributed by atoms with E-state index in [0.29, 0.717) is 17.8 Å². The number of aliphatic imine (C=N–C) groups is 1. The number of amidine groups is 1. The molecule has 3 rings (SSSR count). The third-order valence-corrected chi connectivity index (χ3v) is 4.00. The Morgan fingerprint density at radius 3 is 2.73 bits per heavy atom. The van der Waals surface area contributed by atoms with Crippen LogP contribution in [0, 0.1) is 0 Å². The Labute approximate surface area is 133 Å². The second kappa shape index (κ2) is 6.17. The minimum atomic E-state index is 0.382. The number of rotatable bonds is 3. The number of hydrogen-bond donors (Lipinski definition) is 2. The van der Waals surface area contributed by atoms with Crippen molar-refractivity contribution in [3.05, 3.63) is 53.6 Å². The van der Waals surface area contributed by atoms with Gasteiger partial charge in [0.2, 0.25) is 0 Å². The number of nitrogens with zero attached hydrogens (tertiary/aromatic N) is 1. The lowest BCUT2D eigenvalue weighted by atomic mass is 10.0. The first-order valence-electron chi connectivity index (χ1n) is 6.79. The van der Waals surface area contributed by atoms with E-state index in [1.54, 1.807) is 0 Å². The average Bonchev–Trinajstić information content (AvgIpc) is 2.71. The summed E-state index contributed by atoms with van der Waals surface area (Å²) in [5, 5.41) is 5.61. The molecule has 0 saturated carbocycles. The summed E-state index contributed by atoms with van der Waals surface area (Å²) >= 11 is 1.22. The number of carbonyl (C=O) groups excluding carboxylic acids is 1. The monoisotopic (exact) mass is 309 g/mol. The standard InChI is InChI=1S/C17H15N3OS/c18-17-7-11(10-21)6-14-5-4-13(9-16(14)20-17)12-2-1-3-15(8-12)22-19/h1-6,8-10H,7,19H2,(H2,18,20). The molecule has 4 N–H and O–H groups in total. The van der Waals surface area contributed by atoms with Gasteiger partial charge >= 0.3 is 0 Å². The second-order valence-electron chi connectivity index (χ2n) is 5.04. The predicted molar refractivity (Wildman–Crippen MR) is 91.9 cm³/mol. The molecule has 2 aromatic carbocycles. The summed E-state index contributed by atoms with van der Waals surface area (Å²) < 4.78 is 0. The number of nitrogens with two attached hydrogens (primary N) is 2. The molecule has 0 aliphatic carbocycles. The minimum absolute atomic E-state index is 0.382. The highest BCUT2D eigenvalue weighted by Gasteiger charge is 2.11. The average molecular weight is 309 g/mol. The third kappa shape index (κ3) is 2.95. The zero-order valence-electron chi connectivity index (χ0n) is 11.8. The van der Waals surface area contributed by atoms with Crippen LogP contribution >= 0.6 is 11.9 Å². The molecule has 0 fully saturated rings. The van der Waals surface area contributed by atoms with Gasteiger partial charge in [-0.05, 0) is 47.3 Å². The van der Waals surface area contributed by atoms with Crippen LogP contribution in [0.4, 0.5) is 5.69 Å². The Morgan fingerprint density at radius 2 is 1.95 bits per heavy atom. The molecule has 0 saturated heterocycles. The van der Waals surface area contributed by atoms with Gasteiger partial charge in [0.1, 0.15) is 12.1 Å². The maximum absolute atomic E-state index is 11.0. The summed E-state index contributed by atoms with van der Waals surface area (Å²) in [5.41, 5.74) is 10.3. The van der Waals surface area contributed by atoms with Gasteiger partial charge in [0.05, 0.1) is 5.69 Å². The molecule has 1 aliphatic heterocycles. The van der Waals surface area contributed by atoms with Crippen LogP contribution in [0.3, 0.4) is 0 Å². The Morgan fingerprint density at radius 1 is 1.14 bits per heavy atom. The number of hydrogen-bond acceptors (Lipinski definition) is 5. The van der Waals surface area contributed by atoms with Gasteiger partial charge in [0.25, 0.3) is 0 Å². The van der Waals surface area contributed by atoms with Crippen LogP contribution < -0.4 is 10.9 Å². The Balaban J connectivity index is 2.09. The number of fused-ring (bicyclic) bond motifs is 1. The normalized spacial score (nSPS) is 13.7. The van der Waals surface area contributed by atoms with Crippen molar-refractivity contribution in [3.8, 4) is 11.1 Å². The van der Waals surface area contributed by atoms with E-state index in [2.05, 4.69) is 4.99 Å². The molecular weight excluding hydrogens is 294 g/mol. The van der Waals surface area contributed by atoms with Crippen LogP contribution in [0.1, 0.15) is 12.0 Å². The van der Waals surface area contributed by atoms with E-state index < -0.39 is 0 Å². The van der Waals surface area contributed by atoms with Crippen LogP contribution in [0.5, 0.6) is 0 Å². The lowest BCUT2D eigenvalue weighted by Gasteiger charge is -2.07. The van der Waals surface area contributed by atoms with Gasteiger partial charge in [-0.1, -0.05) is 24.3 Å². The van der Waals surface area contributed by atoms with Crippen molar-refractivity contribution in [2.45, 2.75) is 11.3 Å². The molecule has 1 aliphatic rings. The largest absolute Gasteiger partial charge is 0.387 e. The van der Waals surface area contributed by atoms with Crippen molar-refractivity contribution in [2.24, 2.45) is 15.9 Å². The van der Waals surface area contributed by atoms with Gasteiger partial charge in [-0.25, -0.2) is 4.99 Å². The van der Waals surface area contributed by atoms with Crippen molar-refractivity contribution in [3.63, 3.8) is 0 Å². The van der Waals surface area contributed by atoms with Crippen LogP contribution in [0.25, 0.3) is 17.2 Å². The Kier molecular flexibility index (Phi) is 4.09. The van der Waals surface area contributed by atoms with Gasteiger partial charge in [-0.2, -0.15) is 0 Å². The molecule has 0 radical (unpaired) electrons. The van der Waals surface area contributed by atoms with Gasteiger partial charge in [-0.3, -0.25) is 9.93 Å². The summed E-state index contributed by atoms with van der Waals surface area (Å²) in [6.07, 6.45) is 3.04. The van der Waals surface area contributed by atoms with Gasteiger partial charge < -0.3 is 5.73 Å². The van der Waals surface area contributed by atoms with Crippen molar-refractivity contribution >= 4 is 35.8 Å². The summed E-state index contributed by atoms with van der Waals surface area (Å²) in [5.74, 6) is 0.445. The molecule has 0 spiro atoms. The molecule has 2 aromatic rings. The highest BCUT2D eigenvalue weighted by Crippen LogP contribution is 2.32. The van der Waals surface area contributed by atoms with E-state index in [-0.39, 0.29) is 0 Å². The molecule has 0 amide bonds. The third-order valence-electron chi connectivity index (χ3n) is 3.48. The van der Waals surface area contributed by atoms with Gasteiger partial charge in [-0.15, -0.1) is 0 Å². The van der Waals surface area contributed by atoms with E-state index in [0.717, 1.165) is 33.6 Å². The topological polar surface area (TPSA) is 81.5 Å². The second-order valence-corrected chi connectivity index (χ2v) is 5.74. The van der Waals surface area contributed by atoms with Gasteiger partial charge in [0.15, 0.2) is 0 Å². The first-order chi connectivity index (χ1) is 10.7. The van der Waals surface area contributed by atoms with Gasteiger partial charge in [0, 0.05) is 22.5 Å². The van der Waals surface area contributed by atoms with Crippen LogP contribution in [-0.4, -0.2) is 12.1 Å². The van der Waals surface area contributed by atoms with E-state index >= 15 is 0 Å². The fourth-order valence-electron chi connectivity index (χ4n) is 2.42. The molecule has 1 heterocycles. The summed E-state index contributed by atoms with van der Waals surface area (Å²) in [6, 6.07) is 13.9. The van der Waals surface area contributed by atoms with E-state index in [1.165, 1.54) is 11.9 Å². The minimum Gasteiger partial charge on any atom is -0.387 e. The van der Waals surface area contributed by atoms with E-state index in [1.807, 2.05) is 48.5 Å². The highest BCUT2D eigenvalue weighted by molar-refractivity contribution is 7.97. The quantitative estimate of drug-likeness (QED) is 0.673. The highest BCUT2D eigenvalue weighted by atomic mass is 32.2. The van der Waals surface area contributed by atoms with Crippen LogP contribution in [0.15, 0.2) is 57.9 Å². The first kappa shape index (κ1) is 14.6. The van der Waals surface area contributed by atoms with Crippen molar-refractivity contribution in [1.29, 1.82) is 0 Å². The summed E-state index contributed by atoms with van der Waals surface area (Å²) in [6.45, 7) is 0.